The Kier molecular flexibility index (Phi) is 5.68. The predicted octanol–water partition coefficient (Wildman–Crippen LogP) is 3.24. The zero-order valence-electron chi connectivity index (χ0n) is 14.7. The van der Waals surface area contributed by atoms with E-state index in [1.807, 2.05) is 44.2 Å². The molecule has 3 aromatic rings. The lowest BCUT2D eigenvalue weighted by Gasteiger charge is -2.11. The molecule has 1 aromatic carbocycles. The highest BCUT2D eigenvalue weighted by Gasteiger charge is 2.11. The van der Waals surface area contributed by atoms with Crippen molar-refractivity contribution in [2.75, 3.05) is 11.1 Å². The quantitative estimate of drug-likeness (QED) is 0.534. The predicted molar refractivity (Wildman–Crippen MR) is 105 cm³/mol. The molecule has 0 atom stereocenters. The van der Waals surface area contributed by atoms with Gasteiger partial charge < -0.3 is 5.32 Å². The molecule has 0 radical (unpaired) electrons. The van der Waals surface area contributed by atoms with Crippen molar-refractivity contribution in [3.05, 3.63) is 58.5 Å². The maximum Gasteiger partial charge on any atom is 0.262 e. The zero-order valence-corrected chi connectivity index (χ0v) is 15.5. The molecule has 26 heavy (non-hydrogen) atoms. The van der Waals surface area contributed by atoms with Gasteiger partial charge in [-0.3, -0.25) is 14.2 Å². The van der Waals surface area contributed by atoms with Gasteiger partial charge >= 0.3 is 0 Å². The molecule has 3 rings (SSSR count). The van der Waals surface area contributed by atoms with Gasteiger partial charge in [0.25, 0.3) is 5.56 Å². The first-order valence-corrected chi connectivity index (χ1v) is 9.43. The highest BCUT2D eigenvalue weighted by molar-refractivity contribution is 7.99. The van der Waals surface area contributed by atoms with Gasteiger partial charge in [0.2, 0.25) is 5.91 Å². The SMILES string of the molecule is CCn1c(SCCC(=O)Nc2cccc(C)n2)nc2ccccc2c1=O. The number of aryl methyl sites for hydroxylation is 1. The molecule has 0 fully saturated rings. The fraction of sp³-hybridized carbons (Fsp3) is 0.263. The van der Waals surface area contributed by atoms with Crippen LogP contribution in [0, 0.1) is 6.92 Å². The molecule has 6 nitrogen and oxygen atoms in total. The Labute approximate surface area is 155 Å². The van der Waals surface area contributed by atoms with Crippen molar-refractivity contribution in [1.29, 1.82) is 0 Å². The number of anilines is 1. The number of pyridine rings is 1. The van der Waals surface area contributed by atoms with Crippen LogP contribution in [-0.4, -0.2) is 26.2 Å². The Balaban J connectivity index is 1.68. The summed E-state index contributed by atoms with van der Waals surface area (Å²) >= 11 is 1.41. The van der Waals surface area contributed by atoms with E-state index >= 15 is 0 Å². The number of carbonyl (C=O) groups is 1. The summed E-state index contributed by atoms with van der Waals surface area (Å²) in [4.78, 5) is 33.5. The van der Waals surface area contributed by atoms with Crippen LogP contribution in [-0.2, 0) is 11.3 Å². The zero-order chi connectivity index (χ0) is 18.5. The minimum atomic E-state index is -0.109. The van der Waals surface area contributed by atoms with Gasteiger partial charge in [0.1, 0.15) is 5.82 Å². The Bertz CT molecular complexity index is 1000. The molecule has 0 saturated carbocycles. The molecule has 7 heteroatoms. The average Bonchev–Trinajstić information content (AvgIpc) is 2.62. The molecule has 2 aromatic heterocycles. The largest absolute Gasteiger partial charge is 0.311 e. The summed E-state index contributed by atoms with van der Waals surface area (Å²) in [5.41, 5.74) is 1.48. The number of benzene rings is 1. The molecule has 0 aliphatic rings. The molecule has 0 spiro atoms. The van der Waals surface area contributed by atoms with Crippen LogP contribution in [0.15, 0.2) is 52.4 Å². The number of carbonyl (C=O) groups excluding carboxylic acids is 1. The molecule has 1 amide bonds. The van der Waals surface area contributed by atoms with Crippen LogP contribution in [0.1, 0.15) is 19.0 Å². The summed E-state index contributed by atoms with van der Waals surface area (Å²) in [6.45, 7) is 4.33. The summed E-state index contributed by atoms with van der Waals surface area (Å²) in [6, 6.07) is 12.8. The van der Waals surface area contributed by atoms with Gasteiger partial charge in [-0.05, 0) is 38.1 Å². The number of thioether (sulfide) groups is 1. The van der Waals surface area contributed by atoms with Gasteiger partial charge in [-0.15, -0.1) is 0 Å². The molecule has 0 aliphatic carbocycles. The number of rotatable bonds is 6. The highest BCUT2D eigenvalue weighted by Crippen LogP contribution is 2.18. The monoisotopic (exact) mass is 368 g/mol. The maximum atomic E-state index is 12.6. The van der Waals surface area contributed by atoms with E-state index in [9.17, 15) is 9.59 Å². The van der Waals surface area contributed by atoms with Crippen molar-refractivity contribution in [2.45, 2.75) is 32.0 Å². The van der Waals surface area contributed by atoms with E-state index in [0.717, 1.165) is 5.69 Å². The van der Waals surface area contributed by atoms with Gasteiger partial charge in [-0.25, -0.2) is 9.97 Å². The second kappa shape index (κ2) is 8.14. The van der Waals surface area contributed by atoms with Crippen LogP contribution < -0.4 is 10.9 Å². The van der Waals surface area contributed by atoms with E-state index in [4.69, 9.17) is 0 Å². The molecule has 0 unspecified atom stereocenters. The summed E-state index contributed by atoms with van der Waals surface area (Å²) in [6.07, 6.45) is 0.312. The van der Waals surface area contributed by atoms with Crippen LogP contribution in [0.3, 0.4) is 0 Å². The third kappa shape index (κ3) is 4.11. The number of para-hydroxylation sites is 1. The standard InChI is InChI=1S/C19H20N4O2S/c1-3-23-18(25)14-8-4-5-9-15(14)21-19(23)26-12-11-17(24)22-16-10-6-7-13(2)20-16/h4-10H,3,11-12H2,1-2H3,(H,20,22,24). The van der Waals surface area contributed by atoms with Crippen LogP contribution >= 0.6 is 11.8 Å². The number of nitrogens with zero attached hydrogens (tertiary/aromatic N) is 3. The van der Waals surface area contributed by atoms with E-state index in [2.05, 4.69) is 15.3 Å². The lowest BCUT2D eigenvalue weighted by Crippen LogP contribution is -2.22. The van der Waals surface area contributed by atoms with Gasteiger partial charge in [0, 0.05) is 24.4 Å². The van der Waals surface area contributed by atoms with E-state index in [-0.39, 0.29) is 11.5 Å². The van der Waals surface area contributed by atoms with E-state index in [1.165, 1.54) is 11.8 Å². The Hall–Kier alpha value is -2.67. The number of fused-ring (bicyclic) bond motifs is 1. The molecule has 1 N–H and O–H groups in total. The Morgan fingerprint density at radius 2 is 1.96 bits per heavy atom. The first-order chi connectivity index (χ1) is 12.6. The van der Waals surface area contributed by atoms with Crippen molar-refractivity contribution in [3.8, 4) is 0 Å². The number of amides is 1. The van der Waals surface area contributed by atoms with E-state index in [1.54, 1.807) is 16.7 Å². The molecule has 134 valence electrons. The number of aromatic nitrogens is 3. The van der Waals surface area contributed by atoms with Crippen LogP contribution in [0.4, 0.5) is 5.82 Å². The van der Waals surface area contributed by atoms with Crippen LogP contribution in [0.25, 0.3) is 10.9 Å². The van der Waals surface area contributed by atoms with Crippen molar-refractivity contribution < 1.29 is 4.79 Å². The van der Waals surface area contributed by atoms with Crippen molar-refractivity contribution >= 4 is 34.4 Å². The van der Waals surface area contributed by atoms with Gasteiger partial charge in [0.15, 0.2) is 5.16 Å². The number of nitrogens with one attached hydrogen (secondary N) is 1. The van der Waals surface area contributed by atoms with Crippen molar-refractivity contribution in [2.24, 2.45) is 0 Å². The van der Waals surface area contributed by atoms with Crippen LogP contribution in [0.5, 0.6) is 0 Å². The molecule has 0 bridgehead atoms. The number of hydrogen-bond acceptors (Lipinski definition) is 5. The molecule has 0 aliphatic heterocycles. The Morgan fingerprint density at radius 3 is 2.73 bits per heavy atom. The second-order valence-electron chi connectivity index (χ2n) is 5.77. The fourth-order valence-electron chi connectivity index (χ4n) is 2.59. The minimum absolute atomic E-state index is 0.0472. The second-order valence-corrected chi connectivity index (χ2v) is 6.83. The molecule has 2 heterocycles. The highest BCUT2D eigenvalue weighted by atomic mass is 32.2. The first kappa shape index (κ1) is 18.1. The average molecular weight is 368 g/mol. The lowest BCUT2D eigenvalue weighted by molar-refractivity contribution is -0.115. The molecular formula is C19H20N4O2S. The van der Waals surface area contributed by atoms with Gasteiger partial charge in [-0.2, -0.15) is 0 Å². The lowest BCUT2D eigenvalue weighted by atomic mass is 10.2. The normalized spacial score (nSPS) is 10.8. The van der Waals surface area contributed by atoms with Crippen molar-refractivity contribution in [3.63, 3.8) is 0 Å². The summed E-state index contributed by atoms with van der Waals surface area (Å²) in [7, 11) is 0. The molecular weight excluding hydrogens is 348 g/mol. The first-order valence-electron chi connectivity index (χ1n) is 8.44. The third-order valence-corrected chi connectivity index (χ3v) is 4.84. The summed E-state index contributed by atoms with van der Waals surface area (Å²) in [5, 5.41) is 4.04. The summed E-state index contributed by atoms with van der Waals surface area (Å²) < 4.78 is 1.65. The maximum absolute atomic E-state index is 12.6. The summed E-state index contributed by atoms with van der Waals surface area (Å²) in [5.74, 6) is 0.971. The Morgan fingerprint density at radius 1 is 1.15 bits per heavy atom. The minimum Gasteiger partial charge on any atom is -0.311 e. The van der Waals surface area contributed by atoms with Gasteiger partial charge in [0.05, 0.1) is 10.9 Å². The van der Waals surface area contributed by atoms with E-state index < -0.39 is 0 Å². The third-order valence-electron chi connectivity index (χ3n) is 3.86. The van der Waals surface area contributed by atoms with Crippen molar-refractivity contribution in [1.82, 2.24) is 14.5 Å². The number of hydrogen-bond donors (Lipinski definition) is 1. The fourth-order valence-corrected chi connectivity index (χ4v) is 3.59. The van der Waals surface area contributed by atoms with E-state index in [0.29, 0.717) is 40.6 Å². The van der Waals surface area contributed by atoms with Gasteiger partial charge in [-0.1, -0.05) is 30.0 Å². The van der Waals surface area contributed by atoms with Crippen LogP contribution in [0.2, 0.25) is 0 Å². The topological polar surface area (TPSA) is 76.9 Å². The molecule has 0 saturated heterocycles. The smallest absolute Gasteiger partial charge is 0.262 e.